The van der Waals surface area contributed by atoms with E-state index in [4.69, 9.17) is 9.72 Å². The number of rotatable bonds is 3. The van der Waals surface area contributed by atoms with E-state index in [-0.39, 0.29) is 0 Å². The van der Waals surface area contributed by atoms with Crippen LogP contribution in [0.1, 0.15) is 5.69 Å². The van der Waals surface area contributed by atoms with Gasteiger partial charge < -0.3 is 14.6 Å². The zero-order valence-corrected chi connectivity index (χ0v) is 15.4. The van der Waals surface area contributed by atoms with E-state index in [0.717, 1.165) is 39.1 Å². The van der Waals surface area contributed by atoms with Crippen LogP contribution in [-0.2, 0) is 4.74 Å². The van der Waals surface area contributed by atoms with Gasteiger partial charge in [0, 0.05) is 41.6 Å². The summed E-state index contributed by atoms with van der Waals surface area (Å²) in [6, 6.07) is 18.9. The van der Waals surface area contributed by atoms with Crippen LogP contribution in [0.4, 0.5) is 5.69 Å². The number of aromatic nitrogens is 2. The molecule has 0 atom stereocenters. The van der Waals surface area contributed by atoms with Crippen molar-refractivity contribution in [2.24, 2.45) is 4.99 Å². The van der Waals surface area contributed by atoms with Crippen LogP contribution in [0.25, 0.3) is 33.1 Å². The molecule has 0 fully saturated rings. The van der Waals surface area contributed by atoms with Crippen LogP contribution in [0, 0.1) is 0 Å². The van der Waals surface area contributed by atoms with Gasteiger partial charge in [-0.25, -0.2) is 9.98 Å². The van der Waals surface area contributed by atoms with Gasteiger partial charge in [0.2, 0.25) is 5.90 Å². The highest BCUT2D eigenvalue weighted by Crippen LogP contribution is 2.33. The molecule has 5 rings (SSSR count). The van der Waals surface area contributed by atoms with Crippen LogP contribution < -0.4 is 4.90 Å². The molecule has 0 spiro atoms. The first-order valence-electron chi connectivity index (χ1n) is 9.07. The van der Waals surface area contributed by atoms with Crippen molar-refractivity contribution in [2.75, 3.05) is 32.1 Å². The smallest absolute Gasteiger partial charge is 0.235 e. The van der Waals surface area contributed by atoms with E-state index in [1.54, 1.807) is 0 Å². The van der Waals surface area contributed by atoms with Crippen molar-refractivity contribution in [1.82, 2.24) is 9.97 Å². The second-order valence-electron chi connectivity index (χ2n) is 6.93. The molecule has 1 aliphatic rings. The standard InChI is InChI=1S/C22H20N4O/c1-26(2)15-9-7-14(8-10-15)20-21-17(16-5-3-4-6-18(16)24-21)13-19(25-20)22-23-11-12-27-22/h3-10,13,24H,11-12H2,1-2H3. The van der Waals surface area contributed by atoms with E-state index in [9.17, 15) is 0 Å². The summed E-state index contributed by atoms with van der Waals surface area (Å²) in [7, 11) is 4.08. The van der Waals surface area contributed by atoms with Crippen LogP contribution in [0.3, 0.4) is 0 Å². The Labute approximate surface area is 157 Å². The molecule has 134 valence electrons. The molecule has 2 aromatic heterocycles. The van der Waals surface area contributed by atoms with Crippen molar-refractivity contribution in [3.63, 3.8) is 0 Å². The molecule has 0 bridgehead atoms. The number of nitrogens with zero attached hydrogens (tertiary/aromatic N) is 3. The average molecular weight is 356 g/mol. The summed E-state index contributed by atoms with van der Waals surface area (Å²) in [5.74, 6) is 0.633. The molecule has 1 aliphatic heterocycles. The molecule has 5 heteroatoms. The Kier molecular flexibility index (Phi) is 3.60. The van der Waals surface area contributed by atoms with Gasteiger partial charge >= 0.3 is 0 Å². The summed E-state index contributed by atoms with van der Waals surface area (Å²) in [5.41, 5.74) is 6.07. The summed E-state index contributed by atoms with van der Waals surface area (Å²) in [6.07, 6.45) is 0. The second kappa shape index (κ2) is 6.13. The van der Waals surface area contributed by atoms with Gasteiger partial charge in [0.15, 0.2) is 0 Å². The number of H-pyrrole nitrogens is 1. The molecule has 1 N–H and O–H groups in total. The molecule has 0 amide bonds. The van der Waals surface area contributed by atoms with Crippen LogP contribution >= 0.6 is 0 Å². The molecular weight excluding hydrogens is 336 g/mol. The van der Waals surface area contributed by atoms with Gasteiger partial charge in [0.1, 0.15) is 12.3 Å². The molecule has 4 aromatic rings. The highest BCUT2D eigenvalue weighted by molar-refractivity contribution is 6.13. The Hall–Kier alpha value is -3.34. The van der Waals surface area contributed by atoms with Gasteiger partial charge in [-0.1, -0.05) is 30.3 Å². The molecule has 0 aliphatic carbocycles. The fourth-order valence-corrected chi connectivity index (χ4v) is 3.57. The molecule has 0 unspecified atom stereocenters. The third-order valence-electron chi connectivity index (χ3n) is 4.96. The largest absolute Gasteiger partial charge is 0.474 e. The lowest BCUT2D eigenvalue weighted by molar-refractivity contribution is 0.347. The Morgan fingerprint density at radius 3 is 2.56 bits per heavy atom. The first-order valence-corrected chi connectivity index (χ1v) is 9.07. The fraction of sp³-hybridized carbons (Fsp3) is 0.182. The van der Waals surface area contributed by atoms with E-state index < -0.39 is 0 Å². The van der Waals surface area contributed by atoms with Gasteiger partial charge in [-0.05, 0) is 24.3 Å². The molecule has 0 radical (unpaired) electrons. The van der Waals surface area contributed by atoms with Crippen LogP contribution in [-0.4, -0.2) is 43.1 Å². The maximum Gasteiger partial charge on any atom is 0.235 e. The number of pyridine rings is 1. The van der Waals surface area contributed by atoms with Gasteiger partial charge in [0.05, 0.1) is 17.8 Å². The fourth-order valence-electron chi connectivity index (χ4n) is 3.57. The second-order valence-corrected chi connectivity index (χ2v) is 6.93. The number of anilines is 1. The third-order valence-corrected chi connectivity index (χ3v) is 4.96. The minimum Gasteiger partial charge on any atom is -0.474 e. The predicted octanol–water partition coefficient (Wildman–Crippen LogP) is 4.23. The van der Waals surface area contributed by atoms with E-state index >= 15 is 0 Å². The molecule has 5 nitrogen and oxygen atoms in total. The van der Waals surface area contributed by atoms with Crippen molar-refractivity contribution in [3.8, 4) is 11.3 Å². The summed E-state index contributed by atoms with van der Waals surface area (Å²) in [6.45, 7) is 1.31. The number of hydrogen-bond acceptors (Lipinski definition) is 4. The minimum absolute atomic E-state index is 0.621. The van der Waals surface area contributed by atoms with Crippen molar-refractivity contribution in [1.29, 1.82) is 0 Å². The molecule has 0 saturated carbocycles. The Morgan fingerprint density at radius 2 is 1.81 bits per heavy atom. The van der Waals surface area contributed by atoms with Crippen molar-refractivity contribution in [2.45, 2.75) is 0 Å². The van der Waals surface area contributed by atoms with Crippen molar-refractivity contribution in [3.05, 3.63) is 60.3 Å². The maximum atomic E-state index is 5.69. The molecule has 27 heavy (non-hydrogen) atoms. The average Bonchev–Trinajstić information content (AvgIpc) is 3.35. The van der Waals surface area contributed by atoms with Crippen LogP contribution in [0.5, 0.6) is 0 Å². The van der Waals surface area contributed by atoms with E-state index in [0.29, 0.717) is 19.0 Å². The number of fused-ring (bicyclic) bond motifs is 3. The molecule has 0 saturated heterocycles. The Morgan fingerprint density at radius 1 is 1.00 bits per heavy atom. The molecule has 2 aromatic carbocycles. The highest BCUT2D eigenvalue weighted by Gasteiger charge is 2.18. The molecular formula is C22H20N4O. The summed E-state index contributed by atoms with van der Waals surface area (Å²) >= 11 is 0. The Balaban J connectivity index is 1.78. The number of hydrogen-bond donors (Lipinski definition) is 1. The number of para-hydroxylation sites is 1. The molecule has 3 heterocycles. The Bertz CT molecular complexity index is 1170. The predicted molar refractivity (Wildman–Crippen MR) is 111 cm³/mol. The number of nitrogens with one attached hydrogen (secondary N) is 1. The SMILES string of the molecule is CN(C)c1ccc(-c2nc(C3=NCCO3)cc3c2[nH]c2ccccc23)cc1. The van der Waals surface area contributed by atoms with Crippen LogP contribution in [0.15, 0.2) is 59.6 Å². The lowest BCUT2D eigenvalue weighted by atomic mass is 10.1. The van der Waals surface area contributed by atoms with Gasteiger partial charge in [-0.15, -0.1) is 0 Å². The number of benzene rings is 2. The maximum absolute atomic E-state index is 5.69. The van der Waals surface area contributed by atoms with E-state index in [1.165, 1.54) is 5.39 Å². The topological polar surface area (TPSA) is 53.5 Å². The van der Waals surface area contributed by atoms with Gasteiger partial charge in [-0.2, -0.15) is 0 Å². The number of aliphatic imine (C=N–C) groups is 1. The minimum atomic E-state index is 0.621. The lowest BCUT2D eigenvalue weighted by Crippen LogP contribution is -2.08. The van der Waals surface area contributed by atoms with E-state index in [2.05, 4.69) is 63.4 Å². The normalized spacial score (nSPS) is 13.8. The zero-order valence-electron chi connectivity index (χ0n) is 15.4. The van der Waals surface area contributed by atoms with Gasteiger partial charge in [-0.3, -0.25) is 0 Å². The monoisotopic (exact) mass is 356 g/mol. The van der Waals surface area contributed by atoms with Gasteiger partial charge in [0.25, 0.3) is 0 Å². The lowest BCUT2D eigenvalue weighted by Gasteiger charge is -2.13. The van der Waals surface area contributed by atoms with Crippen LogP contribution in [0.2, 0.25) is 0 Å². The highest BCUT2D eigenvalue weighted by atomic mass is 16.5. The van der Waals surface area contributed by atoms with Crippen molar-refractivity contribution >= 4 is 33.4 Å². The van der Waals surface area contributed by atoms with E-state index in [1.807, 2.05) is 20.2 Å². The number of aromatic amines is 1. The quantitative estimate of drug-likeness (QED) is 0.598. The van der Waals surface area contributed by atoms with Crippen molar-refractivity contribution < 1.29 is 4.74 Å². The number of ether oxygens (including phenoxy) is 1. The summed E-state index contributed by atoms with van der Waals surface area (Å²) in [5, 5.41) is 2.32. The zero-order chi connectivity index (χ0) is 18.4. The first-order chi connectivity index (χ1) is 13.2. The first kappa shape index (κ1) is 15.9. The third kappa shape index (κ3) is 2.63. The summed E-state index contributed by atoms with van der Waals surface area (Å²) in [4.78, 5) is 15.0. The summed E-state index contributed by atoms with van der Waals surface area (Å²) < 4.78 is 5.69.